The number of benzene rings is 2. The lowest BCUT2D eigenvalue weighted by Crippen LogP contribution is -2.36. The Morgan fingerprint density at radius 3 is 2.54 bits per heavy atom. The molecular weight excluding hydrogens is 482 g/mol. The fraction of sp³-hybridized carbons (Fsp3) is 0.300. The van der Waals surface area contributed by atoms with Crippen molar-refractivity contribution in [2.45, 2.75) is 44.6 Å². The van der Waals surface area contributed by atoms with Crippen molar-refractivity contribution in [3.63, 3.8) is 0 Å². The molecule has 0 radical (unpaired) electrons. The van der Waals surface area contributed by atoms with Crippen molar-refractivity contribution in [3.05, 3.63) is 76.9 Å². The predicted molar refractivity (Wildman–Crippen MR) is 147 cm³/mol. The van der Waals surface area contributed by atoms with Gasteiger partial charge < -0.3 is 9.13 Å². The molecule has 2 aliphatic rings. The highest BCUT2D eigenvalue weighted by Crippen LogP contribution is 2.53. The molecule has 186 valence electrons. The first-order valence-corrected chi connectivity index (χ1v) is 15.2. The molecule has 0 unspecified atom stereocenters. The molecule has 0 atom stereocenters. The maximum atomic E-state index is 14.0. The van der Waals surface area contributed by atoms with E-state index in [-0.39, 0.29) is 11.2 Å². The largest absolute Gasteiger partial charge is 0.318 e. The summed E-state index contributed by atoms with van der Waals surface area (Å²) >= 11 is 0. The van der Waals surface area contributed by atoms with Gasteiger partial charge in [-0.2, -0.15) is 5.26 Å². The van der Waals surface area contributed by atoms with E-state index in [4.69, 9.17) is 4.98 Å². The fourth-order valence-corrected chi connectivity index (χ4v) is 7.32. The predicted octanol–water partition coefficient (Wildman–Crippen LogP) is 6.66. The molecule has 2 aromatic carbocycles. The van der Waals surface area contributed by atoms with Crippen LogP contribution in [0.3, 0.4) is 0 Å². The van der Waals surface area contributed by atoms with E-state index in [0.29, 0.717) is 18.4 Å². The Hall–Kier alpha value is -3.55. The second-order valence-corrected chi connectivity index (χ2v) is 13.9. The van der Waals surface area contributed by atoms with Gasteiger partial charge in [-0.1, -0.05) is 6.42 Å². The molecule has 0 saturated heterocycles. The van der Waals surface area contributed by atoms with Gasteiger partial charge in [0.2, 0.25) is 0 Å². The highest BCUT2D eigenvalue weighted by Gasteiger charge is 2.44. The van der Waals surface area contributed by atoms with Crippen molar-refractivity contribution in [2.24, 2.45) is 4.99 Å². The number of rotatable bonds is 5. The molecule has 6 rings (SSSR count). The Balaban J connectivity index is 1.75. The zero-order valence-electron chi connectivity index (χ0n) is 21.3. The molecule has 1 aliphatic heterocycles. The summed E-state index contributed by atoms with van der Waals surface area (Å²) < 4.78 is 29.1. The Morgan fingerprint density at radius 1 is 1.16 bits per heavy atom. The van der Waals surface area contributed by atoms with Gasteiger partial charge in [0.1, 0.15) is 18.4 Å². The van der Waals surface area contributed by atoms with E-state index >= 15 is 0 Å². The monoisotopic (exact) mass is 510 g/mol. The lowest BCUT2D eigenvalue weighted by atomic mass is 9.63. The number of aliphatic imine (C=N–C) groups is 1. The van der Waals surface area contributed by atoms with E-state index in [9.17, 15) is 14.2 Å². The molecule has 3 heterocycles. The molecule has 0 amide bonds. The van der Waals surface area contributed by atoms with Crippen molar-refractivity contribution >= 4 is 29.7 Å². The van der Waals surface area contributed by atoms with Gasteiger partial charge in [-0.15, -0.1) is 0 Å². The highest BCUT2D eigenvalue weighted by atomic mass is 31.2. The summed E-state index contributed by atoms with van der Waals surface area (Å²) in [6, 6.07) is 15.5. The summed E-state index contributed by atoms with van der Waals surface area (Å²) in [5.41, 5.74) is 8.40. The third-order valence-electron chi connectivity index (χ3n) is 7.88. The maximum Gasteiger partial charge on any atom is 0.127 e. The van der Waals surface area contributed by atoms with Crippen LogP contribution in [-0.4, -0.2) is 29.1 Å². The first-order chi connectivity index (χ1) is 17.7. The number of hydrogen-bond donors (Lipinski definition) is 0. The number of halogens is 1. The van der Waals surface area contributed by atoms with E-state index < -0.39 is 7.14 Å². The molecule has 1 saturated carbocycles. The molecule has 2 aromatic heterocycles. The van der Waals surface area contributed by atoms with Crippen LogP contribution in [0.4, 0.5) is 4.39 Å². The molecular formula is C30H28FN4OP. The first kappa shape index (κ1) is 23.8. The second kappa shape index (κ2) is 8.50. The van der Waals surface area contributed by atoms with E-state index in [1.807, 2.05) is 19.3 Å². The van der Waals surface area contributed by atoms with E-state index in [1.165, 1.54) is 12.1 Å². The van der Waals surface area contributed by atoms with Gasteiger partial charge in [-0.25, -0.2) is 4.39 Å². The summed E-state index contributed by atoms with van der Waals surface area (Å²) in [5.74, 6) is -0.288. The fourth-order valence-electron chi connectivity index (χ4n) is 6.07. The highest BCUT2D eigenvalue weighted by molar-refractivity contribution is 7.70. The summed E-state index contributed by atoms with van der Waals surface area (Å²) in [6.45, 7) is 6.08. The zero-order valence-corrected chi connectivity index (χ0v) is 22.1. The minimum absolute atomic E-state index is 0.288. The van der Waals surface area contributed by atoms with Crippen molar-refractivity contribution in [3.8, 4) is 22.9 Å². The van der Waals surface area contributed by atoms with E-state index in [0.717, 1.165) is 69.4 Å². The van der Waals surface area contributed by atoms with Gasteiger partial charge in [0, 0.05) is 52.1 Å². The zero-order chi connectivity index (χ0) is 25.9. The van der Waals surface area contributed by atoms with E-state index in [1.54, 1.807) is 25.5 Å². The van der Waals surface area contributed by atoms with Gasteiger partial charge in [0.05, 0.1) is 18.1 Å². The standard InChI is InChI=1S/C30H28FN4OP/c1-19-13-22(18-34-29(19)37(2,3)36)27-25-14-20-16-33-17-21(20)15-26(25)35(24-7-5-23(31)6-8-24)28(27)30(11-12-32)9-4-10-30/h5-8,13-15,17-18H,4,9-11,16H2,1-3H3. The van der Waals surface area contributed by atoms with Gasteiger partial charge in [-0.05, 0) is 92.2 Å². The number of aromatic nitrogens is 2. The smallest absolute Gasteiger partial charge is 0.127 e. The lowest BCUT2D eigenvalue weighted by molar-refractivity contribution is 0.240. The SMILES string of the molecule is Cc1cc(-c2c(C3(CC#N)CCC3)n(-c3ccc(F)cc3)c3cc4c(cc23)CN=C4)cnc1P(C)(C)=O. The summed E-state index contributed by atoms with van der Waals surface area (Å²) in [4.78, 5) is 9.18. The average molecular weight is 511 g/mol. The first-order valence-electron chi connectivity index (χ1n) is 12.6. The van der Waals surface area contributed by atoms with Crippen molar-refractivity contribution in [2.75, 3.05) is 13.3 Å². The van der Waals surface area contributed by atoms with Crippen LogP contribution in [0.25, 0.3) is 27.7 Å². The third-order valence-corrected chi connectivity index (χ3v) is 9.37. The number of nitriles is 1. The summed E-state index contributed by atoms with van der Waals surface area (Å²) in [6.07, 6.45) is 7.02. The Morgan fingerprint density at radius 2 is 1.92 bits per heavy atom. The van der Waals surface area contributed by atoms with Crippen LogP contribution in [0.5, 0.6) is 0 Å². The number of nitrogens with zero attached hydrogens (tertiary/aromatic N) is 4. The number of pyridine rings is 1. The van der Waals surface area contributed by atoms with Gasteiger partial charge in [0.15, 0.2) is 0 Å². The number of aryl methyl sites for hydroxylation is 1. The second-order valence-electron chi connectivity index (χ2n) is 10.8. The lowest BCUT2D eigenvalue weighted by Gasteiger charge is -2.42. The van der Waals surface area contributed by atoms with Gasteiger partial charge in [-0.3, -0.25) is 9.98 Å². The van der Waals surface area contributed by atoms with Crippen LogP contribution in [0.1, 0.15) is 48.1 Å². The Kier molecular flexibility index (Phi) is 5.47. The van der Waals surface area contributed by atoms with Crippen molar-refractivity contribution in [1.82, 2.24) is 9.55 Å². The summed E-state index contributed by atoms with van der Waals surface area (Å²) in [5, 5.41) is 11.0. The van der Waals surface area contributed by atoms with Crippen LogP contribution >= 0.6 is 7.14 Å². The minimum Gasteiger partial charge on any atom is -0.318 e. The molecule has 7 heteroatoms. The van der Waals surface area contributed by atoms with Crippen LogP contribution < -0.4 is 5.44 Å². The van der Waals surface area contributed by atoms with Gasteiger partial charge >= 0.3 is 0 Å². The molecule has 1 aliphatic carbocycles. The normalized spacial score (nSPS) is 16.0. The molecule has 1 fully saturated rings. The Labute approximate surface area is 216 Å². The molecule has 0 N–H and O–H groups in total. The minimum atomic E-state index is -2.53. The van der Waals surface area contributed by atoms with E-state index in [2.05, 4.69) is 33.8 Å². The Bertz CT molecular complexity index is 1680. The third kappa shape index (κ3) is 3.76. The number of hydrogen-bond acceptors (Lipinski definition) is 4. The van der Waals surface area contributed by atoms with Crippen LogP contribution in [0.15, 0.2) is 53.7 Å². The molecule has 37 heavy (non-hydrogen) atoms. The topological polar surface area (TPSA) is 71.0 Å². The molecule has 5 nitrogen and oxygen atoms in total. The quantitative estimate of drug-likeness (QED) is 0.282. The van der Waals surface area contributed by atoms with Crippen LogP contribution in [0, 0.1) is 24.1 Å². The average Bonchev–Trinajstić information content (AvgIpc) is 3.41. The van der Waals surface area contributed by atoms with Crippen LogP contribution in [0.2, 0.25) is 0 Å². The molecule has 0 bridgehead atoms. The molecule has 4 aromatic rings. The summed E-state index contributed by atoms with van der Waals surface area (Å²) in [7, 11) is -2.53. The number of fused-ring (bicyclic) bond motifs is 2. The van der Waals surface area contributed by atoms with Crippen LogP contribution in [-0.2, 0) is 16.5 Å². The van der Waals surface area contributed by atoms with Crippen molar-refractivity contribution < 1.29 is 8.96 Å². The molecule has 0 spiro atoms. The van der Waals surface area contributed by atoms with Gasteiger partial charge in [0.25, 0.3) is 0 Å². The maximum absolute atomic E-state index is 14.0. The van der Waals surface area contributed by atoms with Crippen molar-refractivity contribution in [1.29, 1.82) is 5.26 Å².